The molecule has 0 amide bonds. The Hall–Kier alpha value is -3.14. The minimum absolute atomic E-state index is 0.0544. The van der Waals surface area contributed by atoms with Gasteiger partial charge in [-0.25, -0.2) is 4.79 Å². The summed E-state index contributed by atoms with van der Waals surface area (Å²) in [5.41, 5.74) is 3.20. The number of ketones is 1. The summed E-state index contributed by atoms with van der Waals surface area (Å²) >= 11 is 0. The fraction of sp³-hybridized carbons (Fsp3) is 0.333. The standard InChI is InChI=1S/C27H31NO3/c1-5-20(6-2)21-12-13-22-17-24(27(30)31-26(22)18-21)25(29)16-11-19-9-14-23(15-10-19)28(7-3)8-4/h9-18,20H,5-8H2,1-4H3/b16-11+. The molecule has 3 aromatic rings. The molecule has 0 radical (unpaired) electrons. The first-order valence-electron chi connectivity index (χ1n) is 11.2. The molecule has 0 atom stereocenters. The third-order valence-electron chi connectivity index (χ3n) is 5.93. The highest BCUT2D eigenvalue weighted by Crippen LogP contribution is 2.26. The van der Waals surface area contributed by atoms with Crippen LogP contribution in [0.1, 0.15) is 67.9 Å². The average Bonchev–Trinajstić information content (AvgIpc) is 2.79. The lowest BCUT2D eigenvalue weighted by Gasteiger charge is -2.20. The quantitative estimate of drug-likeness (QED) is 0.228. The molecule has 4 nitrogen and oxygen atoms in total. The van der Waals surface area contributed by atoms with E-state index in [0.29, 0.717) is 11.5 Å². The lowest BCUT2D eigenvalue weighted by atomic mass is 9.93. The minimum atomic E-state index is -0.597. The van der Waals surface area contributed by atoms with Gasteiger partial charge in [0.05, 0.1) is 0 Å². The number of anilines is 1. The highest BCUT2D eigenvalue weighted by molar-refractivity contribution is 6.07. The molecule has 0 bridgehead atoms. The van der Waals surface area contributed by atoms with Gasteiger partial charge >= 0.3 is 5.63 Å². The number of allylic oxidation sites excluding steroid dienone is 1. The van der Waals surface area contributed by atoms with E-state index in [9.17, 15) is 9.59 Å². The number of hydrogen-bond donors (Lipinski definition) is 0. The summed E-state index contributed by atoms with van der Waals surface area (Å²) in [6, 6.07) is 15.6. The molecule has 31 heavy (non-hydrogen) atoms. The van der Waals surface area contributed by atoms with Crippen LogP contribution in [-0.4, -0.2) is 18.9 Å². The van der Waals surface area contributed by atoms with Gasteiger partial charge in [-0.15, -0.1) is 0 Å². The van der Waals surface area contributed by atoms with Crippen LogP contribution in [0.4, 0.5) is 5.69 Å². The van der Waals surface area contributed by atoms with Crippen LogP contribution in [0.2, 0.25) is 0 Å². The molecule has 0 saturated carbocycles. The molecule has 162 valence electrons. The van der Waals surface area contributed by atoms with E-state index < -0.39 is 5.63 Å². The molecular weight excluding hydrogens is 386 g/mol. The normalized spacial score (nSPS) is 11.5. The highest BCUT2D eigenvalue weighted by atomic mass is 16.4. The Balaban J connectivity index is 1.82. The van der Waals surface area contributed by atoms with Gasteiger partial charge in [-0.05, 0) is 74.1 Å². The summed E-state index contributed by atoms with van der Waals surface area (Å²) < 4.78 is 5.50. The topological polar surface area (TPSA) is 50.5 Å². The van der Waals surface area contributed by atoms with Gasteiger partial charge in [0.15, 0.2) is 5.78 Å². The minimum Gasteiger partial charge on any atom is -0.422 e. The fourth-order valence-corrected chi connectivity index (χ4v) is 3.96. The maximum atomic E-state index is 12.7. The largest absolute Gasteiger partial charge is 0.422 e. The maximum Gasteiger partial charge on any atom is 0.347 e. The van der Waals surface area contributed by atoms with Crippen molar-refractivity contribution in [3.63, 3.8) is 0 Å². The highest BCUT2D eigenvalue weighted by Gasteiger charge is 2.13. The zero-order valence-electron chi connectivity index (χ0n) is 18.9. The molecule has 0 unspecified atom stereocenters. The lowest BCUT2D eigenvalue weighted by molar-refractivity contribution is 0.104. The first-order valence-corrected chi connectivity index (χ1v) is 11.2. The molecule has 0 fully saturated rings. The summed E-state index contributed by atoms with van der Waals surface area (Å²) in [5, 5.41) is 0.759. The van der Waals surface area contributed by atoms with Crippen LogP contribution in [0.25, 0.3) is 17.0 Å². The molecule has 0 aliphatic carbocycles. The number of carbonyl (C=O) groups excluding carboxylic acids is 1. The van der Waals surface area contributed by atoms with E-state index in [-0.39, 0.29) is 11.3 Å². The smallest absolute Gasteiger partial charge is 0.347 e. The molecule has 1 heterocycles. The van der Waals surface area contributed by atoms with E-state index in [2.05, 4.69) is 38.7 Å². The lowest BCUT2D eigenvalue weighted by Crippen LogP contribution is -2.21. The number of rotatable bonds is 9. The van der Waals surface area contributed by atoms with Crippen LogP contribution in [0.3, 0.4) is 0 Å². The van der Waals surface area contributed by atoms with Gasteiger partial charge in [-0.1, -0.05) is 44.2 Å². The Bertz CT molecular complexity index is 1120. The van der Waals surface area contributed by atoms with Crippen molar-refractivity contribution in [1.82, 2.24) is 0 Å². The van der Waals surface area contributed by atoms with Crippen molar-refractivity contribution in [2.45, 2.75) is 46.5 Å². The van der Waals surface area contributed by atoms with Crippen molar-refractivity contribution in [3.8, 4) is 0 Å². The van der Waals surface area contributed by atoms with Gasteiger partial charge < -0.3 is 9.32 Å². The second-order valence-corrected chi connectivity index (χ2v) is 7.72. The molecule has 0 spiro atoms. The summed E-state index contributed by atoms with van der Waals surface area (Å²) in [5.74, 6) is 0.0830. The summed E-state index contributed by atoms with van der Waals surface area (Å²) in [6.45, 7) is 10.4. The second-order valence-electron chi connectivity index (χ2n) is 7.72. The molecule has 3 rings (SSSR count). The van der Waals surface area contributed by atoms with E-state index in [1.807, 2.05) is 36.4 Å². The van der Waals surface area contributed by atoms with Crippen LogP contribution < -0.4 is 10.5 Å². The van der Waals surface area contributed by atoms with Crippen LogP contribution in [0.15, 0.2) is 63.8 Å². The zero-order chi connectivity index (χ0) is 22.4. The van der Waals surface area contributed by atoms with Crippen molar-refractivity contribution >= 4 is 28.5 Å². The number of benzene rings is 2. The number of carbonyl (C=O) groups is 1. The van der Waals surface area contributed by atoms with Crippen LogP contribution in [-0.2, 0) is 0 Å². The van der Waals surface area contributed by atoms with Crippen molar-refractivity contribution in [2.24, 2.45) is 0 Å². The van der Waals surface area contributed by atoms with Crippen molar-refractivity contribution in [1.29, 1.82) is 0 Å². The predicted octanol–water partition coefficient (Wildman–Crippen LogP) is 6.44. The van der Waals surface area contributed by atoms with Crippen LogP contribution >= 0.6 is 0 Å². The Morgan fingerprint density at radius 3 is 2.26 bits per heavy atom. The van der Waals surface area contributed by atoms with Gasteiger partial charge in [0.2, 0.25) is 0 Å². The maximum absolute atomic E-state index is 12.7. The van der Waals surface area contributed by atoms with E-state index >= 15 is 0 Å². The summed E-state index contributed by atoms with van der Waals surface area (Å²) in [7, 11) is 0. The molecular formula is C27H31NO3. The van der Waals surface area contributed by atoms with Gasteiger partial charge in [0, 0.05) is 24.2 Å². The van der Waals surface area contributed by atoms with E-state index in [4.69, 9.17) is 4.42 Å². The second kappa shape index (κ2) is 10.3. The average molecular weight is 418 g/mol. The molecule has 0 aliphatic rings. The number of hydrogen-bond acceptors (Lipinski definition) is 4. The summed E-state index contributed by atoms with van der Waals surface area (Å²) in [4.78, 5) is 27.4. The number of nitrogens with zero attached hydrogens (tertiary/aromatic N) is 1. The third kappa shape index (κ3) is 5.13. The Morgan fingerprint density at radius 1 is 0.968 bits per heavy atom. The fourth-order valence-electron chi connectivity index (χ4n) is 3.96. The first kappa shape index (κ1) is 22.5. The molecule has 0 aliphatic heterocycles. The Kier molecular flexibility index (Phi) is 7.45. The third-order valence-corrected chi connectivity index (χ3v) is 5.93. The van der Waals surface area contributed by atoms with E-state index in [1.165, 1.54) is 6.08 Å². The SMILES string of the molecule is CCC(CC)c1ccc2cc(C(=O)/C=C/c3ccc(N(CC)CC)cc3)c(=O)oc2c1. The van der Waals surface area contributed by atoms with Crippen LogP contribution in [0, 0.1) is 0 Å². The van der Waals surface area contributed by atoms with Crippen molar-refractivity contribution in [2.75, 3.05) is 18.0 Å². The monoisotopic (exact) mass is 417 g/mol. The zero-order valence-corrected chi connectivity index (χ0v) is 18.9. The number of fused-ring (bicyclic) bond motifs is 1. The van der Waals surface area contributed by atoms with Crippen molar-refractivity contribution < 1.29 is 9.21 Å². The molecule has 0 saturated heterocycles. The predicted molar refractivity (Wildman–Crippen MR) is 129 cm³/mol. The molecule has 1 aromatic heterocycles. The Morgan fingerprint density at radius 2 is 1.65 bits per heavy atom. The first-order chi connectivity index (χ1) is 15.0. The van der Waals surface area contributed by atoms with Gasteiger partial charge in [0.25, 0.3) is 0 Å². The van der Waals surface area contributed by atoms with Gasteiger partial charge in [-0.2, -0.15) is 0 Å². The molecule has 4 heteroatoms. The van der Waals surface area contributed by atoms with E-state index in [1.54, 1.807) is 12.1 Å². The van der Waals surface area contributed by atoms with Gasteiger partial charge in [0.1, 0.15) is 11.1 Å². The Labute approximate surface area is 184 Å². The van der Waals surface area contributed by atoms with Gasteiger partial charge in [-0.3, -0.25) is 4.79 Å². The van der Waals surface area contributed by atoms with E-state index in [0.717, 1.165) is 48.1 Å². The molecule has 2 aromatic carbocycles. The summed E-state index contributed by atoms with van der Waals surface area (Å²) in [6.07, 6.45) is 5.23. The van der Waals surface area contributed by atoms with Crippen LogP contribution in [0.5, 0.6) is 0 Å². The molecule has 0 N–H and O–H groups in total. The van der Waals surface area contributed by atoms with Crippen molar-refractivity contribution in [3.05, 3.63) is 81.7 Å².